The normalized spacial score (nSPS) is 17.5. The van der Waals surface area contributed by atoms with Gasteiger partial charge in [0.05, 0.1) is 17.5 Å². The van der Waals surface area contributed by atoms with E-state index in [1.54, 1.807) is 13.0 Å². The molecule has 3 N–H and O–H groups in total. The Morgan fingerprint density at radius 1 is 1.25 bits per heavy atom. The third-order valence-corrected chi connectivity index (χ3v) is 7.38. The fraction of sp³-hybridized carbons (Fsp3) is 0.417. The van der Waals surface area contributed by atoms with Gasteiger partial charge in [0, 0.05) is 19.1 Å². The number of benzene rings is 1. The maximum absolute atomic E-state index is 12.2. The van der Waals surface area contributed by atoms with Gasteiger partial charge in [-0.1, -0.05) is 29.8 Å². The minimum absolute atomic E-state index is 0.00759. The molecule has 36 heavy (non-hydrogen) atoms. The molecule has 1 amide bonds. The first-order valence-electron chi connectivity index (χ1n) is 11.3. The predicted molar refractivity (Wildman–Crippen MR) is 133 cm³/mol. The van der Waals surface area contributed by atoms with E-state index in [0.29, 0.717) is 36.4 Å². The Morgan fingerprint density at radius 2 is 2.00 bits per heavy atom. The molecule has 10 nitrogen and oxygen atoms in total. The molecule has 0 saturated carbocycles. The number of thiophene rings is 1. The number of ether oxygens (including phenoxy) is 2. The van der Waals surface area contributed by atoms with Crippen LogP contribution in [0.3, 0.4) is 0 Å². The molecule has 2 unspecified atom stereocenters. The second kappa shape index (κ2) is 12.2. The van der Waals surface area contributed by atoms with Crippen LogP contribution in [0.15, 0.2) is 24.3 Å². The summed E-state index contributed by atoms with van der Waals surface area (Å²) in [7, 11) is 0. The van der Waals surface area contributed by atoms with Crippen LogP contribution in [0.1, 0.15) is 41.9 Å². The number of ketones is 1. The summed E-state index contributed by atoms with van der Waals surface area (Å²) in [6.45, 7) is 3.60. The number of aliphatic carboxylic acids is 1. The molecule has 0 aliphatic carbocycles. The van der Waals surface area contributed by atoms with Crippen molar-refractivity contribution in [3.05, 3.63) is 39.7 Å². The molecule has 2 atom stereocenters. The average Bonchev–Trinajstić information content (AvgIpc) is 3.18. The third kappa shape index (κ3) is 6.54. The van der Waals surface area contributed by atoms with Crippen molar-refractivity contribution in [3.63, 3.8) is 0 Å². The summed E-state index contributed by atoms with van der Waals surface area (Å²) in [6, 6.07) is 6.79. The first kappa shape index (κ1) is 27.4. The fourth-order valence-electron chi connectivity index (χ4n) is 4.03. The maximum atomic E-state index is 12.2. The quantitative estimate of drug-likeness (QED) is 0.410. The van der Waals surface area contributed by atoms with Crippen molar-refractivity contribution < 1.29 is 38.9 Å². The van der Waals surface area contributed by atoms with E-state index in [9.17, 15) is 24.3 Å². The van der Waals surface area contributed by atoms with Crippen molar-refractivity contribution in [2.45, 2.75) is 45.3 Å². The van der Waals surface area contributed by atoms with Crippen molar-refractivity contribution in [2.75, 3.05) is 19.8 Å². The van der Waals surface area contributed by atoms with Gasteiger partial charge < -0.3 is 25.0 Å². The van der Waals surface area contributed by atoms with Gasteiger partial charge >= 0.3 is 18.0 Å². The van der Waals surface area contributed by atoms with Gasteiger partial charge in [0.2, 0.25) is 0 Å². The highest BCUT2D eigenvalue weighted by Gasteiger charge is 2.35. The lowest BCUT2D eigenvalue weighted by atomic mass is 9.94. The van der Waals surface area contributed by atoms with Gasteiger partial charge in [-0.2, -0.15) is 0 Å². The molecule has 1 fully saturated rings. The zero-order chi connectivity index (χ0) is 26.4. The molecule has 0 radical (unpaired) electrons. The van der Waals surface area contributed by atoms with E-state index in [1.807, 2.05) is 18.2 Å². The van der Waals surface area contributed by atoms with Crippen molar-refractivity contribution in [1.29, 1.82) is 0 Å². The lowest BCUT2D eigenvalue weighted by molar-refractivity contribution is -0.139. The lowest BCUT2D eigenvalue weighted by Gasteiger charge is -2.37. The molecule has 0 bridgehead atoms. The molecule has 1 saturated heterocycles. The Labute approximate surface area is 216 Å². The van der Waals surface area contributed by atoms with Gasteiger partial charge in [-0.05, 0) is 43.9 Å². The number of amides is 1. The summed E-state index contributed by atoms with van der Waals surface area (Å²) in [5.41, 5.74) is 1.56. The topological polar surface area (TPSA) is 142 Å². The summed E-state index contributed by atoms with van der Waals surface area (Å²) in [5, 5.41) is 21.8. The lowest BCUT2D eigenvalue weighted by Crippen LogP contribution is -2.53. The van der Waals surface area contributed by atoms with E-state index in [-0.39, 0.29) is 34.1 Å². The van der Waals surface area contributed by atoms with Gasteiger partial charge in [0.25, 0.3) is 0 Å². The van der Waals surface area contributed by atoms with Gasteiger partial charge in [0.1, 0.15) is 5.02 Å². The van der Waals surface area contributed by atoms with Crippen LogP contribution < -0.4 is 10.1 Å². The monoisotopic (exact) mass is 538 g/mol. The number of carboxylic acid groups (broad SMARTS) is 2. The van der Waals surface area contributed by atoms with Crippen LogP contribution >= 0.6 is 22.9 Å². The molecule has 3 rings (SSSR count). The molecule has 1 aromatic carbocycles. The van der Waals surface area contributed by atoms with Gasteiger partial charge in [-0.3, -0.25) is 9.69 Å². The molecule has 1 aromatic heterocycles. The smallest absolute Gasteiger partial charge is 0.410 e. The van der Waals surface area contributed by atoms with Crippen LogP contribution in [0.5, 0.6) is 5.75 Å². The molecule has 2 aromatic rings. The highest BCUT2D eigenvalue weighted by Crippen LogP contribution is 2.45. The number of piperidine rings is 1. The van der Waals surface area contributed by atoms with Gasteiger partial charge in [-0.25, -0.2) is 14.4 Å². The molecule has 1 aliphatic heterocycles. The molecule has 194 valence electrons. The van der Waals surface area contributed by atoms with E-state index in [1.165, 1.54) is 11.8 Å². The summed E-state index contributed by atoms with van der Waals surface area (Å²) in [4.78, 5) is 48.6. The number of aromatic carboxylic acids is 1. The standard InChI is InChI=1S/C24H27ClN2O8S/c1-3-34-24(33)27-8-7-16(10-17(27)13(2)28)26-11-14-5-4-6-15(9-14)21-19(25)20(35-12-18(29)30)22(36-21)23(31)32/h4-6,9,16-17,26H,3,7-8,10-12H2,1-2H3,(H,29,30)(H,31,32). The number of nitrogens with zero attached hydrogens (tertiary/aromatic N) is 1. The fourth-order valence-corrected chi connectivity index (χ4v) is 5.43. The van der Waals surface area contributed by atoms with Crippen LogP contribution in [0.25, 0.3) is 10.4 Å². The number of carbonyl (C=O) groups excluding carboxylic acids is 2. The maximum Gasteiger partial charge on any atom is 0.410 e. The van der Waals surface area contributed by atoms with E-state index >= 15 is 0 Å². The van der Waals surface area contributed by atoms with Crippen molar-refractivity contribution in [2.24, 2.45) is 0 Å². The Hall–Kier alpha value is -3.15. The zero-order valence-electron chi connectivity index (χ0n) is 19.8. The Balaban J connectivity index is 1.72. The van der Waals surface area contributed by atoms with Gasteiger partial charge in [-0.15, -0.1) is 11.3 Å². The van der Waals surface area contributed by atoms with E-state index in [4.69, 9.17) is 26.2 Å². The number of rotatable bonds is 10. The van der Waals surface area contributed by atoms with Crippen molar-refractivity contribution in [3.8, 4) is 16.2 Å². The number of Topliss-reactive ketones (excluding diaryl/α,β-unsaturated/α-hetero) is 1. The van der Waals surface area contributed by atoms with Crippen molar-refractivity contribution in [1.82, 2.24) is 10.2 Å². The molecule has 12 heteroatoms. The third-order valence-electron chi connectivity index (χ3n) is 5.70. The van der Waals surface area contributed by atoms with E-state index in [0.717, 1.165) is 16.9 Å². The second-order valence-electron chi connectivity index (χ2n) is 8.21. The highest BCUT2D eigenvalue weighted by atomic mass is 35.5. The minimum Gasteiger partial charge on any atom is -0.479 e. The Morgan fingerprint density at radius 3 is 2.64 bits per heavy atom. The van der Waals surface area contributed by atoms with Crippen molar-refractivity contribution >= 4 is 46.8 Å². The molecule has 2 heterocycles. The van der Waals surface area contributed by atoms with E-state index in [2.05, 4.69) is 5.32 Å². The summed E-state index contributed by atoms with van der Waals surface area (Å²) in [6.07, 6.45) is 0.645. The average molecular weight is 539 g/mol. The summed E-state index contributed by atoms with van der Waals surface area (Å²) >= 11 is 7.30. The number of carboxylic acids is 2. The zero-order valence-corrected chi connectivity index (χ0v) is 21.4. The van der Waals surface area contributed by atoms with Crippen LogP contribution in [0.2, 0.25) is 5.02 Å². The first-order valence-corrected chi connectivity index (χ1v) is 12.5. The number of carbonyl (C=O) groups is 4. The Kier molecular flexibility index (Phi) is 9.30. The van der Waals surface area contributed by atoms with Crippen LogP contribution in [0.4, 0.5) is 4.79 Å². The summed E-state index contributed by atoms with van der Waals surface area (Å²) in [5.74, 6) is -2.78. The number of likely N-dealkylation sites (tertiary alicyclic amines) is 1. The molecule has 1 aliphatic rings. The van der Waals surface area contributed by atoms with Crippen LogP contribution in [-0.2, 0) is 20.9 Å². The highest BCUT2D eigenvalue weighted by molar-refractivity contribution is 7.18. The predicted octanol–water partition coefficient (Wildman–Crippen LogP) is 3.90. The molecule has 0 spiro atoms. The van der Waals surface area contributed by atoms with Crippen LogP contribution in [-0.4, -0.2) is 70.8 Å². The number of nitrogens with one attached hydrogen (secondary N) is 1. The van der Waals surface area contributed by atoms with Gasteiger partial charge in [0.15, 0.2) is 23.0 Å². The number of hydrogen-bond acceptors (Lipinski definition) is 8. The van der Waals surface area contributed by atoms with Crippen LogP contribution in [0, 0.1) is 0 Å². The second-order valence-corrected chi connectivity index (χ2v) is 9.61. The number of hydrogen-bond donors (Lipinski definition) is 3. The largest absolute Gasteiger partial charge is 0.479 e. The molecular formula is C24H27ClN2O8S. The SMILES string of the molecule is CCOC(=O)N1CCC(NCc2cccc(-c3sc(C(=O)O)c(OCC(=O)O)c3Cl)c2)CC1C(C)=O. The Bertz CT molecular complexity index is 1150. The number of halogens is 1. The first-order chi connectivity index (χ1) is 17.1. The van der Waals surface area contributed by atoms with E-state index < -0.39 is 30.7 Å². The molecular weight excluding hydrogens is 512 g/mol. The minimum atomic E-state index is -1.26. The summed E-state index contributed by atoms with van der Waals surface area (Å²) < 4.78 is 10.2.